The summed E-state index contributed by atoms with van der Waals surface area (Å²) < 4.78 is 5.35. The lowest BCUT2D eigenvalue weighted by atomic mass is 9.77. The highest BCUT2D eigenvalue weighted by molar-refractivity contribution is 5.39. The van der Waals surface area contributed by atoms with E-state index in [4.69, 9.17) is 10.5 Å². The molecule has 3 heteroatoms. The smallest absolute Gasteiger partial charge is 0.119 e. The van der Waals surface area contributed by atoms with Crippen molar-refractivity contribution in [2.24, 2.45) is 17.6 Å². The molecule has 0 amide bonds. The average molecular weight is 274 g/mol. The Bertz CT molecular complexity index is 488. The molecule has 0 aromatic heterocycles. The summed E-state index contributed by atoms with van der Waals surface area (Å²) in [6.45, 7) is 4.17. The standard InChI is InChI=1S/C17H26N2O/c1-12-7-15(12)10-19-17(11-18)6-5-13-3-4-16(20-2)8-14(13)9-17/h3-4,8,12,15,19H,5-7,9-11,18H2,1-2H3. The van der Waals surface area contributed by atoms with Crippen molar-refractivity contribution >= 4 is 0 Å². The van der Waals surface area contributed by atoms with Gasteiger partial charge in [-0.05, 0) is 67.3 Å². The Kier molecular flexibility index (Phi) is 3.74. The Labute approximate surface area is 121 Å². The second-order valence-corrected chi connectivity index (χ2v) is 6.65. The third kappa shape index (κ3) is 2.70. The average Bonchev–Trinajstić information content (AvgIpc) is 3.20. The van der Waals surface area contributed by atoms with E-state index >= 15 is 0 Å². The molecule has 20 heavy (non-hydrogen) atoms. The number of aryl methyl sites for hydroxylation is 1. The maximum Gasteiger partial charge on any atom is 0.119 e. The van der Waals surface area contributed by atoms with E-state index in [-0.39, 0.29) is 5.54 Å². The largest absolute Gasteiger partial charge is 0.497 e. The number of benzene rings is 1. The molecule has 3 rings (SSSR count). The molecule has 0 bridgehead atoms. The topological polar surface area (TPSA) is 47.3 Å². The Morgan fingerprint density at radius 1 is 1.40 bits per heavy atom. The highest BCUT2D eigenvalue weighted by Crippen LogP contribution is 2.38. The third-order valence-electron chi connectivity index (χ3n) is 5.22. The SMILES string of the molecule is COc1ccc2c(c1)CC(CN)(NCC1CC1C)CC2. The summed E-state index contributed by atoms with van der Waals surface area (Å²) in [6.07, 6.45) is 4.66. The zero-order valence-electron chi connectivity index (χ0n) is 12.6. The molecule has 2 aliphatic rings. The molecule has 0 heterocycles. The van der Waals surface area contributed by atoms with Gasteiger partial charge in [-0.15, -0.1) is 0 Å². The number of rotatable bonds is 5. The van der Waals surface area contributed by atoms with Gasteiger partial charge < -0.3 is 15.8 Å². The first-order valence-corrected chi connectivity index (χ1v) is 7.77. The molecular weight excluding hydrogens is 248 g/mol. The number of methoxy groups -OCH3 is 1. The number of fused-ring (bicyclic) bond motifs is 1. The van der Waals surface area contributed by atoms with Crippen molar-refractivity contribution in [1.29, 1.82) is 0 Å². The predicted octanol–water partition coefficient (Wildman–Crippen LogP) is 2.13. The van der Waals surface area contributed by atoms with E-state index in [0.717, 1.165) is 43.4 Å². The van der Waals surface area contributed by atoms with Crippen LogP contribution in [0, 0.1) is 11.8 Å². The summed E-state index contributed by atoms with van der Waals surface area (Å²) in [6, 6.07) is 6.45. The Morgan fingerprint density at radius 2 is 2.20 bits per heavy atom. The first-order valence-electron chi connectivity index (χ1n) is 7.77. The fourth-order valence-electron chi connectivity index (χ4n) is 3.39. The van der Waals surface area contributed by atoms with Crippen LogP contribution in [0.15, 0.2) is 18.2 Å². The first-order chi connectivity index (χ1) is 9.65. The molecule has 0 radical (unpaired) electrons. The fraction of sp³-hybridized carbons (Fsp3) is 0.647. The van der Waals surface area contributed by atoms with Gasteiger partial charge in [0.2, 0.25) is 0 Å². The molecule has 0 spiro atoms. The van der Waals surface area contributed by atoms with Crippen molar-refractivity contribution < 1.29 is 4.74 Å². The normalized spacial score (nSPS) is 31.8. The van der Waals surface area contributed by atoms with Gasteiger partial charge >= 0.3 is 0 Å². The molecule has 1 fully saturated rings. The van der Waals surface area contributed by atoms with Crippen LogP contribution in [0.1, 0.15) is 30.9 Å². The van der Waals surface area contributed by atoms with Crippen molar-refractivity contribution in [3.63, 3.8) is 0 Å². The molecule has 3 N–H and O–H groups in total. The minimum absolute atomic E-state index is 0.0850. The van der Waals surface area contributed by atoms with Gasteiger partial charge in [0, 0.05) is 12.1 Å². The van der Waals surface area contributed by atoms with Crippen molar-refractivity contribution in [2.75, 3.05) is 20.2 Å². The van der Waals surface area contributed by atoms with Crippen LogP contribution in [-0.4, -0.2) is 25.7 Å². The van der Waals surface area contributed by atoms with Crippen LogP contribution in [0.3, 0.4) is 0 Å². The predicted molar refractivity (Wildman–Crippen MR) is 82.1 cm³/mol. The highest BCUT2D eigenvalue weighted by atomic mass is 16.5. The summed E-state index contributed by atoms with van der Waals surface area (Å²) in [5.74, 6) is 2.71. The van der Waals surface area contributed by atoms with Gasteiger partial charge in [-0.2, -0.15) is 0 Å². The minimum atomic E-state index is 0.0850. The second-order valence-electron chi connectivity index (χ2n) is 6.65. The molecular formula is C17H26N2O. The zero-order valence-corrected chi connectivity index (χ0v) is 12.6. The Balaban J connectivity index is 1.73. The van der Waals surface area contributed by atoms with E-state index < -0.39 is 0 Å². The molecule has 3 unspecified atom stereocenters. The zero-order chi connectivity index (χ0) is 14.2. The molecule has 3 nitrogen and oxygen atoms in total. The maximum absolute atomic E-state index is 6.11. The van der Waals surface area contributed by atoms with E-state index in [9.17, 15) is 0 Å². The number of nitrogens with one attached hydrogen (secondary N) is 1. The van der Waals surface area contributed by atoms with Gasteiger partial charge in [0.05, 0.1) is 7.11 Å². The number of nitrogens with two attached hydrogens (primary N) is 1. The Morgan fingerprint density at radius 3 is 2.85 bits per heavy atom. The highest BCUT2D eigenvalue weighted by Gasteiger charge is 2.37. The van der Waals surface area contributed by atoms with Crippen molar-refractivity contribution in [1.82, 2.24) is 5.32 Å². The van der Waals surface area contributed by atoms with Gasteiger partial charge in [-0.25, -0.2) is 0 Å². The first kappa shape index (κ1) is 13.9. The monoisotopic (exact) mass is 274 g/mol. The second kappa shape index (κ2) is 5.38. The van der Waals surface area contributed by atoms with Crippen molar-refractivity contribution in [3.05, 3.63) is 29.3 Å². The molecule has 2 aliphatic carbocycles. The summed E-state index contributed by atoms with van der Waals surface area (Å²) in [4.78, 5) is 0. The van der Waals surface area contributed by atoms with E-state index in [1.807, 2.05) is 0 Å². The van der Waals surface area contributed by atoms with Crippen molar-refractivity contribution in [2.45, 2.75) is 38.1 Å². The van der Waals surface area contributed by atoms with Crippen molar-refractivity contribution in [3.8, 4) is 5.75 Å². The lowest BCUT2D eigenvalue weighted by Gasteiger charge is -2.38. The van der Waals surface area contributed by atoms with Crippen LogP contribution in [0.4, 0.5) is 0 Å². The summed E-state index contributed by atoms with van der Waals surface area (Å²) in [5, 5.41) is 3.79. The van der Waals surface area contributed by atoms with E-state index in [2.05, 4.69) is 30.4 Å². The molecule has 0 aliphatic heterocycles. The molecule has 1 aromatic carbocycles. The van der Waals surface area contributed by atoms with Crippen LogP contribution in [-0.2, 0) is 12.8 Å². The van der Waals surface area contributed by atoms with Gasteiger partial charge in [-0.3, -0.25) is 0 Å². The molecule has 110 valence electrons. The fourth-order valence-corrected chi connectivity index (χ4v) is 3.39. The molecule has 1 saturated carbocycles. The van der Waals surface area contributed by atoms with E-state index in [1.165, 1.54) is 17.5 Å². The molecule has 0 saturated heterocycles. The van der Waals surface area contributed by atoms with Gasteiger partial charge in [0.25, 0.3) is 0 Å². The van der Waals surface area contributed by atoms with Gasteiger partial charge in [0.15, 0.2) is 0 Å². The van der Waals surface area contributed by atoms with Crippen LogP contribution in [0.5, 0.6) is 5.75 Å². The Hall–Kier alpha value is -1.06. The number of hydrogen-bond donors (Lipinski definition) is 2. The van der Waals surface area contributed by atoms with Crippen LogP contribution in [0.25, 0.3) is 0 Å². The minimum Gasteiger partial charge on any atom is -0.497 e. The summed E-state index contributed by atoms with van der Waals surface area (Å²) >= 11 is 0. The number of hydrogen-bond acceptors (Lipinski definition) is 3. The quantitative estimate of drug-likeness (QED) is 0.864. The maximum atomic E-state index is 6.11. The van der Waals surface area contributed by atoms with Crippen LogP contribution >= 0.6 is 0 Å². The van der Waals surface area contributed by atoms with Crippen LogP contribution < -0.4 is 15.8 Å². The third-order valence-corrected chi connectivity index (χ3v) is 5.22. The lowest BCUT2D eigenvalue weighted by Crippen LogP contribution is -2.55. The molecule has 3 atom stereocenters. The number of ether oxygens (including phenoxy) is 1. The van der Waals surface area contributed by atoms with Crippen LogP contribution in [0.2, 0.25) is 0 Å². The van der Waals surface area contributed by atoms with E-state index in [0.29, 0.717) is 6.54 Å². The van der Waals surface area contributed by atoms with E-state index in [1.54, 1.807) is 7.11 Å². The summed E-state index contributed by atoms with van der Waals surface area (Å²) in [7, 11) is 1.73. The lowest BCUT2D eigenvalue weighted by molar-refractivity contribution is 0.287. The van der Waals surface area contributed by atoms with Gasteiger partial charge in [-0.1, -0.05) is 13.0 Å². The van der Waals surface area contributed by atoms with Gasteiger partial charge in [0.1, 0.15) is 5.75 Å². The summed E-state index contributed by atoms with van der Waals surface area (Å²) in [5.41, 5.74) is 9.05. The molecule has 1 aromatic rings.